The largest absolute Gasteiger partial charge is 0.339 e. The number of aromatic nitrogens is 2. The highest BCUT2D eigenvalue weighted by Gasteiger charge is 2.28. The van der Waals surface area contributed by atoms with Gasteiger partial charge < -0.3 is 14.7 Å². The van der Waals surface area contributed by atoms with Crippen molar-refractivity contribution in [2.75, 3.05) is 11.9 Å². The summed E-state index contributed by atoms with van der Waals surface area (Å²) in [6.07, 6.45) is 0.910. The molecule has 3 heterocycles. The van der Waals surface area contributed by atoms with Crippen LogP contribution in [0.1, 0.15) is 29.3 Å². The highest BCUT2D eigenvalue weighted by Crippen LogP contribution is 2.33. The molecule has 7 heteroatoms. The lowest BCUT2D eigenvalue weighted by Gasteiger charge is -2.33. The Kier molecular flexibility index (Phi) is 4.01. The molecule has 1 aliphatic heterocycles. The second kappa shape index (κ2) is 6.33. The quantitative estimate of drug-likeness (QED) is 0.746. The molecule has 0 unspecified atom stereocenters. The number of nitrogens with zero attached hydrogens (tertiary/aromatic N) is 3. The predicted molar refractivity (Wildman–Crippen MR) is 96.6 cm³/mol. The molecule has 1 N–H and O–H groups in total. The Labute approximate surface area is 149 Å². The third-order valence-electron chi connectivity index (χ3n) is 4.44. The molecule has 25 heavy (non-hydrogen) atoms. The Bertz CT molecular complexity index is 917. The Hall–Kier alpha value is -2.67. The molecule has 0 fully saturated rings. The van der Waals surface area contributed by atoms with Gasteiger partial charge in [-0.3, -0.25) is 0 Å². The van der Waals surface area contributed by atoms with Crippen molar-refractivity contribution in [1.82, 2.24) is 15.0 Å². The van der Waals surface area contributed by atoms with Gasteiger partial charge in [-0.05, 0) is 42.5 Å². The van der Waals surface area contributed by atoms with Gasteiger partial charge in [-0.25, -0.2) is 4.79 Å². The lowest BCUT2D eigenvalue weighted by atomic mass is 10.0. The molecule has 1 atom stereocenters. The summed E-state index contributed by atoms with van der Waals surface area (Å²) in [7, 11) is 0. The van der Waals surface area contributed by atoms with Crippen molar-refractivity contribution in [2.45, 2.75) is 26.3 Å². The number of amides is 2. The van der Waals surface area contributed by atoms with E-state index >= 15 is 0 Å². The van der Waals surface area contributed by atoms with Crippen LogP contribution in [0.3, 0.4) is 0 Å². The van der Waals surface area contributed by atoms with Gasteiger partial charge in [0.2, 0.25) is 11.7 Å². The van der Waals surface area contributed by atoms with Gasteiger partial charge in [0.15, 0.2) is 0 Å². The van der Waals surface area contributed by atoms with Crippen LogP contribution in [0.25, 0.3) is 11.4 Å². The zero-order valence-electron chi connectivity index (χ0n) is 14.0. The molecule has 0 bridgehead atoms. The number of hydrogen-bond acceptors (Lipinski definition) is 5. The minimum absolute atomic E-state index is 0.0815. The van der Waals surface area contributed by atoms with Crippen molar-refractivity contribution in [3.05, 3.63) is 52.0 Å². The number of urea groups is 1. The molecule has 2 amide bonds. The summed E-state index contributed by atoms with van der Waals surface area (Å²) in [6, 6.07) is 9.58. The zero-order chi connectivity index (χ0) is 17.4. The number of carbonyl (C=O) groups excluding carboxylic acids is 1. The molecule has 2 aromatic heterocycles. The highest BCUT2D eigenvalue weighted by molar-refractivity contribution is 7.10. The molecule has 0 aliphatic carbocycles. The van der Waals surface area contributed by atoms with Crippen LogP contribution in [0.5, 0.6) is 0 Å². The molecule has 1 aliphatic rings. The summed E-state index contributed by atoms with van der Waals surface area (Å²) < 4.78 is 5.02. The van der Waals surface area contributed by atoms with Gasteiger partial charge in [0.1, 0.15) is 0 Å². The van der Waals surface area contributed by atoms with E-state index in [0.29, 0.717) is 17.4 Å². The normalized spacial score (nSPS) is 16.6. The minimum Gasteiger partial charge on any atom is -0.339 e. The number of fused-ring (bicyclic) bond motifs is 1. The van der Waals surface area contributed by atoms with Crippen LogP contribution in [-0.2, 0) is 6.42 Å². The van der Waals surface area contributed by atoms with Crippen LogP contribution >= 0.6 is 11.3 Å². The third kappa shape index (κ3) is 3.02. The van der Waals surface area contributed by atoms with E-state index < -0.39 is 0 Å². The Morgan fingerprint density at radius 2 is 2.28 bits per heavy atom. The summed E-state index contributed by atoms with van der Waals surface area (Å²) in [4.78, 5) is 20.2. The average Bonchev–Trinajstić information content (AvgIpc) is 3.24. The van der Waals surface area contributed by atoms with E-state index in [1.54, 1.807) is 18.3 Å². The highest BCUT2D eigenvalue weighted by atomic mass is 32.1. The third-order valence-corrected chi connectivity index (χ3v) is 5.43. The van der Waals surface area contributed by atoms with Gasteiger partial charge in [-0.2, -0.15) is 4.98 Å². The maximum absolute atomic E-state index is 12.7. The molecular weight excluding hydrogens is 336 g/mol. The first kappa shape index (κ1) is 15.8. The summed E-state index contributed by atoms with van der Waals surface area (Å²) in [6.45, 7) is 4.55. The fraction of sp³-hybridized carbons (Fsp3) is 0.278. The second-order valence-electron chi connectivity index (χ2n) is 6.07. The fourth-order valence-corrected chi connectivity index (χ4v) is 4.10. The van der Waals surface area contributed by atoms with Gasteiger partial charge in [0.05, 0.1) is 6.04 Å². The van der Waals surface area contributed by atoms with Crippen molar-refractivity contribution in [3.63, 3.8) is 0 Å². The van der Waals surface area contributed by atoms with E-state index in [0.717, 1.165) is 18.5 Å². The van der Waals surface area contributed by atoms with Gasteiger partial charge in [0, 0.05) is 29.6 Å². The molecular formula is C18H18N4O2S. The number of aryl methyl sites for hydroxylation is 1. The Morgan fingerprint density at radius 3 is 3.08 bits per heavy atom. The van der Waals surface area contributed by atoms with Crippen LogP contribution in [0, 0.1) is 6.92 Å². The number of anilines is 1. The molecule has 0 spiro atoms. The molecule has 4 rings (SSSR count). The summed E-state index contributed by atoms with van der Waals surface area (Å²) in [5.41, 5.74) is 2.78. The number of thiophene rings is 1. The number of benzene rings is 1. The first-order valence-electron chi connectivity index (χ1n) is 8.16. The first-order valence-corrected chi connectivity index (χ1v) is 9.04. The summed E-state index contributed by atoms with van der Waals surface area (Å²) in [5, 5.41) is 9.00. The van der Waals surface area contributed by atoms with Crippen LogP contribution < -0.4 is 5.32 Å². The van der Waals surface area contributed by atoms with E-state index in [1.807, 2.05) is 29.2 Å². The van der Waals surface area contributed by atoms with E-state index in [-0.39, 0.29) is 12.1 Å². The van der Waals surface area contributed by atoms with Gasteiger partial charge in [0.25, 0.3) is 0 Å². The summed E-state index contributed by atoms with van der Waals surface area (Å²) in [5.74, 6) is 1.03. The summed E-state index contributed by atoms with van der Waals surface area (Å²) >= 11 is 1.77. The second-order valence-corrected chi connectivity index (χ2v) is 7.07. The molecule has 1 aromatic carbocycles. The standard InChI is InChI=1S/C18H18N4O2S/c1-11-15-7-9-25-16(15)6-8-22(11)18(23)20-14-5-3-4-13(10-14)17-19-12(2)24-21-17/h3-5,7,9-11H,6,8H2,1-2H3,(H,20,23)/t11-/m1/s1. The van der Waals surface area contributed by atoms with Crippen molar-refractivity contribution in [3.8, 4) is 11.4 Å². The van der Waals surface area contributed by atoms with Crippen LogP contribution in [0.15, 0.2) is 40.2 Å². The van der Waals surface area contributed by atoms with Crippen molar-refractivity contribution >= 4 is 23.1 Å². The molecule has 0 radical (unpaired) electrons. The van der Waals surface area contributed by atoms with Crippen molar-refractivity contribution < 1.29 is 9.32 Å². The van der Waals surface area contributed by atoms with Gasteiger partial charge in [-0.15, -0.1) is 11.3 Å². The zero-order valence-corrected chi connectivity index (χ0v) is 14.8. The van der Waals surface area contributed by atoms with E-state index in [9.17, 15) is 4.79 Å². The molecule has 0 saturated carbocycles. The first-order chi connectivity index (χ1) is 12.1. The Balaban J connectivity index is 1.52. The average molecular weight is 354 g/mol. The SMILES string of the molecule is Cc1nc(-c2cccc(NC(=O)N3CCc4sccc4[C@H]3C)c2)no1. The van der Waals surface area contributed by atoms with Gasteiger partial charge in [-0.1, -0.05) is 17.3 Å². The van der Waals surface area contributed by atoms with Gasteiger partial charge >= 0.3 is 6.03 Å². The maximum Gasteiger partial charge on any atom is 0.322 e. The monoisotopic (exact) mass is 354 g/mol. The van der Waals surface area contributed by atoms with E-state index in [4.69, 9.17) is 4.52 Å². The van der Waals surface area contributed by atoms with Crippen LogP contribution in [0.4, 0.5) is 10.5 Å². The van der Waals surface area contributed by atoms with Crippen LogP contribution in [0.2, 0.25) is 0 Å². The van der Waals surface area contributed by atoms with Crippen LogP contribution in [-0.4, -0.2) is 27.6 Å². The minimum atomic E-state index is -0.0919. The Morgan fingerprint density at radius 1 is 1.40 bits per heavy atom. The van der Waals surface area contributed by atoms with E-state index in [1.165, 1.54) is 10.4 Å². The molecule has 128 valence electrons. The fourth-order valence-electron chi connectivity index (χ4n) is 3.13. The smallest absolute Gasteiger partial charge is 0.322 e. The number of hydrogen-bond donors (Lipinski definition) is 1. The molecule has 6 nitrogen and oxygen atoms in total. The topological polar surface area (TPSA) is 71.3 Å². The van der Waals surface area contributed by atoms with E-state index in [2.05, 4.69) is 33.8 Å². The van der Waals surface area contributed by atoms with Crippen molar-refractivity contribution in [2.24, 2.45) is 0 Å². The lowest BCUT2D eigenvalue weighted by Crippen LogP contribution is -2.40. The number of carbonyl (C=O) groups is 1. The molecule has 3 aromatic rings. The number of rotatable bonds is 2. The number of nitrogens with one attached hydrogen (secondary N) is 1. The molecule has 0 saturated heterocycles. The maximum atomic E-state index is 12.7. The predicted octanol–water partition coefficient (Wildman–Crippen LogP) is 4.26. The van der Waals surface area contributed by atoms with Crippen molar-refractivity contribution in [1.29, 1.82) is 0 Å². The lowest BCUT2D eigenvalue weighted by molar-refractivity contribution is 0.189.